The van der Waals surface area contributed by atoms with Gasteiger partial charge < -0.3 is 15.5 Å². The lowest BCUT2D eigenvalue weighted by atomic mass is 10.2. The van der Waals surface area contributed by atoms with Crippen LogP contribution in [0.2, 0.25) is 0 Å². The number of nitrogens with zero attached hydrogens (tertiary/aromatic N) is 1. The van der Waals surface area contributed by atoms with E-state index in [0.29, 0.717) is 6.61 Å². The fourth-order valence-corrected chi connectivity index (χ4v) is 1.45. The molecule has 1 rings (SSSR count). The van der Waals surface area contributed by atoms with Crippen LogP contribution in [0.4, 0.5) is 0 Å². The first kappa shape index (κ1) is 12.9. The van der Waals surface area contributed by atoms with E-state index in [4.69, 9.17) is 10.2 Å². The Morgan fingerprint density at radius 2 is 1.94 bits per heavy atom. The molecule has 0 spiro atoms. The minimum atomic E-state index is 0.202. The van der Waals surface area contributed by atoms with E-state index in [9.17, 15) is 0 Å². The van der Waals surface area contributed by atoms with Gasteiger partial charge >= 0.3 is 0 Å². The van der Waals surface area contributed by atoms with Crippen molar-refractivity contribution >= 4 is 0 Å². The topological polar surface area (TPSA) is 65.4 Å². The second-order valence-electron chi connectivity index (χ2n) is 3.82. The van der Waals surface area contributed by atoms with Crippen LogP contribution in [0.5, 0.6) is 5.75 Å². The zero-order valence-corrected chi connectivity index (χ0v) is 9.52. The van der Waals surface area contributed by atoms with Crippen molar-refractivity contribution in [2.45, 2.75) is 32.2 Å². The first-order valence-corrected chi connectivity index (χ1v) is 5.78. The summed E-state index contributed by atoms with van der Waals surface area (Å²) in [5.41, 5.74) is 0.938. The van der Waals surface area contributed by atoms with E-state index >= 15 is 0 Å². The Bertz CT molecular complexity index is 275. The standard InChI is InChI=1S/C12H20N2O2/c15-8-4-2-1-3-7-13-9-11-5-6-12(16)10-14-11/h5-6,10,13,15-16H,1-4,7-9H2. The van der Waals surface area contributed by atoms with E-state index in [1.54, 1.807) is 6.07 Å². The molecule has 16 heavy (non-hydrogen) atoms. The number of aliphatic hydroxyl groups is 1. The fraction of sp³-hybridized carbons (Fsp3) is 0.583. The van der Waals surface area contributed by atoms with Crippen LogP contribution in [-0.4, -0.2) is 28.3 Å². The maximum Gasteiger partial charge on any atom is 0.133 e. The summed E-state index contributed by atoms with van der Waals surface area (Å²) in [5.74, 6) is 0.202. The molecule has 0 aliphatic carbocycles. The SMILES string of the molecule is OCCCCCCNCc1ccc(O)cn1. The number of hydrogen-bond acceptors (Lipinski definition) is 4. The number of unbranched alkanes of at least 4 members (excludes halogenated alkanes) is 3. The van der Waals surface area contributed by atoms with Crippen LogP contribution >= 0.6 is 0 Å². The van der Waals surface area contributed by atoms with E-state index in [2.05, 4.69) is 10.3 Å². The average Bonchev–Trinajstić information content (AvgIpc) is 2.30. The minimum absolute atomic E-state index is 0.202. The van der Waals surface area contributed by atoms with Crippen LogP contribution < -0.4 is 5.32 Å². The monoisotopic (exact) mass is 224 g/mol. The molecule has 0 bridgehead atoms. The van der Waals surface area contributed by atoms with E-state index < -0.39 is 0 Å². The molecule has 0 aliphatic rings. The summed E-state index contributed by atoms with van der Waals surface area (Å²) in [4.78, 5) is 4.08. The molecule has 0 amide bonds. The summed E-state index contributed by atoms with van der Waals surface area (Å²) in [6.07, 6.45) is 5.72. The van der Waals surface area contributed by atoms with Crippen molar-refractivity contribution < 1.29 is 10.2 Å². The van der Waals surface area contributed by atoms with Crippen LogP contribution in [0.1, 0.15) is 31.4 Å². The van der Waals surface area contributed by atoms with Crippen molar-refractivity contribution in [2.75, 3.05) is 13.2 Å². The maximum absolute atomic E-state index is 9.05. The van der Waals surface area contributed by atoms with Crippen LogP contribution in [0, 0.1) is 0 Å². The number of aromatic nitrogens is 1. The zero-order chi connectivity index (χ0) is 11.6. The molecular weight excluding hydrogens is 204 g/mol. The Morgan fingerprint density at radius 1 is 1.12 bits per heavy atom. The summed E-state index contributed by atoms with van der Waals surface area (Å²) in [5, 5.41) is 20.9. The lowest BCUT2D eigenvalue weighted by Gasteiger charge is -2.04. The second-order valence-corrected chi connectivity index (χ2v) is 3.82. The number of aromatic hydroxyl groups is 1. The molecule has 0 unspecified atom stereocenters. The van der Waals surface area contributed by atoms with Gasteiger partial charge in [-0.15, -0.1) is 0 Å². The molecule has 90 valence electrons. The Morgan fingerprint density at radius 3 is 2.62 bits per heavy atom. The number of pyridine rings is 1. The molecule has 0 saturated carbocycles. The van der Waals surface area contributed by atoms with Gasteiger partial charge in [-0.25, -0.2) is 0 Å². The van der Waals surface area contributed by atoms with Crippen LogP contribution in [0.15, 0.2) is 18.3 Å². The molecule has 3 N–H and O–H groups in total. The minimum Gasteiger partial charge on any atom is -0.506 e. The average molecular weight is 224 g/mol. The molecule has 4 nitrogen and oxygen atoms in total. The highest BCUT2D eigenvalue weighted by Gasteiger charge is 1.94. The van der Waals surface area contributed by atoms with Gasteiger partial charge in [-0.2, -0.15) is 0 Å². The molecule has 0 radical (unpaired) electrons. The molecule has 0 saturated heterocycles. The molecule has 0 atom stereocenters. The molecule has 0 fully saturated rings. The van der Waals surface area contributed by atoms with Crippen LogP contribution in [0.3, 0.4) is 0 Å². The first-order valence-electron chi connectivity index (χ1n) is 5.78. The molecule has 1 heterocycles. The van der Waals surface area contributed by atoms with Gasteiger partial charge in [0.25, 0.3) is 0 Å². The highest BCUT2D eigenvalue weighted by atomic mass is 16.3. The van der Waals surface area contributed by atoms with Crippen molar-refractivity contribution in [2.24, 2.45) is 0 Å². The van der Waals surface area contributed by atoms with Gasteiger partial charge in [0.05, 0.1) is 11.9 Å². The lowest BCUT2D eigenvalue weighted by molar-refractivity contribution is 0.282. The smallest absolute Gasteiger partial charge is 0.133 e. The van der Waals surface area contributed by atoms with Gasteiger partial charge in [0.2, 0.25) is 0 Å². The van der Waals surface area contributed by atoms with Gasteiger partial charge in [0, 0.05) is 13.2 Å². The van der Waals surface area contributed by atoms with E-state index in [-0.39, 0.29) is 5.75 Å². The first-order chi connectivity index (χ1) is 7.83. The summed E-state index contributed by atoms with van der Waals surface area (Å²) in [7, 11) is 0. The molecule has 0 aliphatic heterocycles. The van der Waals surface area contributed by atoms with E-state index in [1.807, 2.05) is 6.07 Å². The summed E-state index contributed by atoms with van der Waals surface area (Å²) in [6, 6.07) is 3.46. The van der Waals surface area contributed by atoms with Gasteiger partial charge in [-0.1, -0.05) is 12.8 Å². The zero-order valence-electron chi connectivity index (χ0n) is 9.52. The van der Waals surface area contributed by atoms with Crippen molar-refractivity contribution in [3.8, 4) is 5.75 Å². The summed E-state index contributed by atoms with van der Waals surface area (Å²) in [6.45, 7) is 2.00. The normalized spacial score (nSPS) is 10.6. The Kier molecular flexibility index (Phi) is 6.53. The lowest BCUT2D eigenvalue weighted by Crippen LogP contribution is -2.15. The largest absolute Gasteiger partial charge is 0.506 e. The maximum atomic E-state index is 9.05. The molecule has 4 heteroatoms. The van der Waals surface area contributed by atoms with Crippen LogP contribution in [0.25, 0.3) is 0 Å². The van der Waals surface area contributed by atoms with Gasteiger partial charge in [-0.3, -0.25) is 4.98 Å². The molecular formula is C12H20N2O2. The van der Waals surface area contributed by atoms with E-state index in [1.165, 1.54) is 6.20 Å². The third-order valence-corrected chi connectivity index (χ3v) is 2.38. The highest BCUT2D eigenvalue weighted by Crippen LogP contribution is 2.05. The molecule has 1 aromatic heterocycles. The van der Waals surface area contributed by atoms with Gasteiger partial charge in [-0.05, 0) is 31.5 Å². The van der Waals surface area contributed by atoms with Gasteiger partial charge in [0.15, 0.2) is 0 Å². The van der Waals surface area contributed by atoms with Crippen molar-refractivity contribution in [3.05, 3.63) is 24.0 Å². The quantitative estimate of drug-likeness (QED) is 0.584. The van der Waals surface area contributed by atoms with Crippen LogP contribution in [-0.2, 0) is 6.54 Å². The van der Waals surface area contributed by atoms with Crippen molar-refractivity contribution in [3.63, 3.8) is 0 Å². The number of hydrogen-bond donors (Lipinski definition) is 3. The third kappa shape index (κ3) is 5.68. The molecule has 0 aromatic carbocycles. The van der Waals surface area contributed by atoms with Gasteiger partial charge in [0.1, 0.15) is 5.75 Å². The number of aliphatic hydroxyl groups excluding tert-OH is 1. The Labute approximate surface area is 96.3 Å². The highest BCUT2D eigenvalue weighted by molar-refractivity contribution is 5.17. The predicted molar refractivity (Wildman–Crippen MR) is 63.2 cm³/mol. The third-order valence-electron chi connectivity index (χ3n) is 2.38. The predicted octanol–water partition coefficient (Wildman–Crippen LogP) is 1.43. The second kappa shape index (κ2) is 8.07. The number of nitrogens with one attached hydrogen (secondary N) is 1. The van der Waals surface area contributed by atoms with E-state index in [0.717, 1.165) is 44.5 Å². The molecule has 1 aromatic rings. The fourth-order valence-electron chi connectivity index (χ4n) is 1.45. The number of rotatable bonds is 8. The summed E-state index contributed by atoms with van der Waals surface area (Å²) >= 11 is 0. The summed E-state index contributed by atoms with van der Waals surface area (Å²) < 4.78 is 0. The van der Waals surface area contributed by atoms with Crippen molar-refractivity contribution in [1.82, 2.24) is 10.3 Å². The van der Waals surface area contributed by atoms with Crippen molar-refractivity contribution in [1.29, 1.82) is 0 Å². The Hall–Kier alpha value is -1.13. The Balaban J connectivity index is 2.01.